The Morgan fingerprint density at radius 3 is 2.56 bits per heavy atom. The Kier molecular flexibility index (Phi) is 5.64. The third kappa shape index (κ3) is 4.22. The second-order valence-corrected chi connectivity index (χ2v) is 6.37. The normalized spacial score (nSPS) is 12.0. The number of nitrogens with one attached hydrogen (secondary N) is 1. The molecule has 0 fully saturated rings. The van der Waals surface area contributed by atoms with Crippen LogP contribution >= 0.6 is 0 Å². The summed E-state index contributed by atoms with van der Waals surface area (Å²) in [6.45, 7) is 4.27. The zero-order valence-corrected chi connectivity index (χ0v) is 15.2. The molecule has 1 amide bonds. The highest BCUT2D eigenvalue weighted by Gasteiger charge is 2.19. The van der Waals surface area contributed by atoms with Crippen LogP contribution in [-0.4, -0.2) is 15.7 Å². The zero-order chi connectivity index (χ0) is 19.4. The van der Waals surface area contributed by atoms with Crippen LogP contribution in [0.3, 0.4) is 0 Å². The second-order valence-electron chi connectivity index (χ2n) is 6.37. The Morgan fingerprint density at radius 2 is 1.89 bits per heavy atom. The monoisotopic (exact) mass is 369 g/mol. The zero-order valence-electron chi connectivity index (χ0n) is 15.2. The number of aromatic nitrogens is 2. The summed E-state index contributed by atoms with van der Waals surface area (Å²) < 4.78 is 28.3. The fourth-order valence-electron chi connectivity index (χ4n) is 3.01. The molecule has 1 heterocycles. The summed E-state index contributed by atoms with van der Waals surface area (Å²) in [6, 6.07) is 13.0. The molecule has 0 radical (unpaired) electrons. The molecule has 0 bridgehead atoms. The minimum absolute atomic E-state index is 0.289. The summed E-state index contributed by atoms with van der Waals surface area (Å²) in [5, 5.41) is 7.19. The first-order valence-electron chi connectivity index (χ1n) is 8.84. The standard InChI is InChI=1S/C21H21F2N3O/c1-3-20-17(12-24-26(20)13-15-7-5-4-6-8-15)21(27)25-14(2)16-9-10-18(22)19(23)11-16/h4-12,14H,3,13H2,1-2H3,(H,25,27). The molecule has 1 N–H and O–H groups in total. The first-order valence-corrected chi connectivity index (χ1v) is 8.84. The van der Waals surface area contributed by atoms with Crippen LogP contribution in [-0.2, 0) is 13.0 Å². The van der Waals surface area contributed by atoms with Gasteiger partial charge in [0.05, 0.1) is 30.0 Å². The molecule has 2 aromatic carbocycles. The first-order chi connectivity index (χ1) is 13.0. The lowest BCUT2D eigenvalue weighted by Gasteiger charge is -2.15. The van der Waals surface area contributed by atoms with E-state index in [2.05, 4.69) is 10.4 Å². The van der Waals surface area contributed by atoms with Crippen molar-refractivity contribution in [3.05, 3.63) is 88.7 Å². The van der Waals surface area contributed by atoms with E-state index in [4.69, 9.17) is 0 Å². The van der Waals surface area contributed by atoms with Gasteiger partial charge < -0.3 is 5.32 Å². The molecule has 27 heavy (non-hydrogen) atoms. The minimum atomic E-state index is -0.932. The van der Waals surface area contributed by atoms with Crippen LogP contribution in [0.1, 0.15) is 47.1 Å². The van der Waals surface area contributed by atoms with E-state index >= 15 is 0 Å². The summed E-state index contributed by atoms with van der Waals surface area (Å²) in [5.74, 6) is -2.13. The maximum Gasteiger partial charge on any atom is 0.255 e. The van der Waals surface area contributed by atoms with Gasteiger partial charge in [0.25, 0.3) is 5.91 Å². The average Bonchev–Trinajstić information content (AvgIpc) is 3.07. The summed E-state index contributed by atoms with van der Waals surface area (Å²) in [7, 11) is 0. The molecular formula is C21H21F2N3O. The quantitative estimate of drug-likeness (QED) is 0.706. The van der Waals surface area contributed by atoms with Crippen LogP contribution in [0.2, 0.25) is 0 Å². The topological polar surface area (TPSA) is 46.9 Å². The van der Waals surface area contributed by atoms with Crippen molar-refractivity contribution in [3.8, 4) is 0 Å². The molecule has 0 aliphatic rings. The van der Waals surface area contributed by atoms with E-state index in [9.17, 15) is 13.6 Å². The molecule has 1 aromatic heterocycles. The summed E-state index contributed by atoms with van der Waals surface area (Å²) in [5.41, 5.74) is 2.91. The molecule has 4 nitrogen and oxygen atoms in total. The maximum atomic E-state index is 13.4. The van der Waals surface area contributed by atoms with Gasteiger partial charge in [-0.05, 0) is 36.6 Å². The summed E-state index contributed by atoms with van der Waals surface area (Å²) in [4.78, 5) is 12.7. The van der Waals surface area contributed by atoms with Gasteiger partial charge in [-0.15, -0.1) is 0 Å². The summed E-state index contributed by atoms with van der Waals surface area (Å²) >= 11 is 0. The van der Waals surface area contributed by atoms with E-state index in [-0.39, 0.29) is 5.91 Å². The molecule has 0 saturated carbocycles. The lowest BCUT2D eigenvalue weighted by molar-refractivity contribution is 0.0938. The van der Waals surface area contributed by atoms with Gasteiger partial charge in [0.15, 0.2) is 11.6 Å². The van der Waals surface area contributed by atoms with Crippen LogP contribution in [0, 0.1) is 11.6 Å². The van der Waals surface area contributed by atoms with Crippen molar-refractivity contribution in [1.82, 2.24) is 15.1 Å². The number of carbonyl (C=O) groups is 1. The van der Waals surface area contributed by atoms with Crippen molar-refractivity contribution in [1.29, 1.82) is 0 Å². The predicted molar refractivity (Wildman–Crippen MR) is 99.4 cm³/mol. The molecule has 0 aliphatic carbocycles. The molecule has 1 atom stereocenters. The van der Waals surface area contributed by atoms with E-state index in [0.717, 1.165) is 23.4 Å². The van der Waals surface area contributed by atoms with Gasteiger partial charge >= 0.3 is 0 Å². The van der Waals surface area contributed by atoms with E-state index in [1.807, 2.05) is 41.9 Å². The Labute approximate surface area is 156 Å². The van der Waals surface area contributed by atoms with Gasteiger partial charge in [0.2, 0.25) is 0 Å². The molecule has 1 unspecified atom stereocenters. The smallest absolute Gasteiger partial charge is 0.255 e. The Morgan fingerprint density at radius 1 is 1.15 bits per heavy atom. The Hall–Kier alpha value is -3.02. The van der Waals surface area contributed by atoms with Crippen LogP contribution in [0.4, 0.5) is 8.78 Å². The molecule has 6 heteroatoms. The Balaban J connectivity index is 1.77. The third-order valence-corrected chi connectivity index (χ3v) is 4.49. The van der Waals surface area contributed by atoms with E-state index < -0.39 is 17.7 Å². The number of benzene rings is 2. The van der Waals surface area contributed by atoms with Crippen LogP contribution in [0.15, 0.2) is 54.7 Å². The van der Waals surface area contributed by atoms with Gasteiger partial charge in [0, 0.05) is 0 Å². The van der Waals surface area contributed by atoms with Gasteiger partial charge in [-0.3, -0.25) is 9.48 Å². The first kappa shape index (κ1) is 18.8. The fourth-order valence-corrected chi connectivity index (χ4v) is 3.01. The van der Waals surface area contributed by atoms with Crippen molar-refractivity contribution in [2.75, 3.05) is 0 Å². The predicted octanol–water partition coefficient (Wildman–Crippen LogP) is 4.26. The molecule has 0 aliphatic heterocycles. The van der Waals surface area contributed by atoms with Crippen molar-refractivity contribution in [2.24, 2.45) is 0 Å². The van der Waals surface area contributed by atoms with Crippen LogP contribution < -0.4 is 5.32 Å². The SMILES string of the molecule is CCc1c(C(=O)NC(C)c2ccc(F)c(F)c2)cnn1Cc1ccccc1. The van der Waals surface area contributed by atoms with Crippen molar-refractivity contribution >= 4 is 5.91 Å². The number of hydrogen-bond acceptors (Lipinski definition) is 2. The molecule has 3 aromatic rings. The lowest BCUT2D eigenvalue weighted by atomic mass is 10.1. The fraction of sp³-hybridized carbons (Fsp3) is 0.238. The van der Waals surface area contributed by atoms with Crippen molar-refractivity contribution in [2.45, 2.75) is 32.9 Å². The third-order valence-electron chi connectivity index (χ3n) is 4.49. The highest BCUT2D eigenvalue weighted by Crippen LogP contribution is 2.18. The number of nitrogens with zero attached hydrogens (tertiary/aromatic N) is 2. The van der Waals surface area contributed by atoms with Gasteiger partial charge in [-0.2, -0.15) is 5.10 Å². The molecule has 0 saturated heterocycles. The highest BCUT2D eigenvalue weighted by molar-refractivity contribution is 5.95. The molecule has 3 rings (SSSR count). The number of rotatable bonds is 6. The summed E-state index contributed by atoms with van der Waals surface area (Å²) in [6.07, 6.45) is 2.20. The van der Waals surface area contributed by atoms with Crippen LogP contribution in [0.25, 0.3) is 0 Å². The van der Waals surface area contributed by atoms with E-state index in [1.54, 1.807) is 13.1 Å². The van der Waals surface area contributed by atoms with E-state index in [0.29, 0.717) is 24.1 Å². The number of halogens is 2. The van der Waals surface area contributed by atoms with Gasteiger partial charge in [-0.25, -0.2) is 8.78 Å². The molecule has 140 valence electrons. The minimum Gasteiger partial charge on any atom is -0.345 e. The van der Waals surface area contributed by atoms with Gasteiger partial charge in [0.1, 0.15) is 0 Å². The maximum absolute atomic E-state index is 13.4. The molecule has 0 spiro atoms. The second kappa shape index (κ2) is 8.12. The van der Waals surface area contributed by atoms with Gasteiger partial charge in [-0.1, -0.05) is 43.3 Å². The number of carbonyl (C=O) groups excluding carboxylic acids is 1. The van der Waals surface area contributed by atoms with E-state index in [1.165, 1.54) is 6.07 Å². The Bertz CT molecular complexity index is 938. The average molecular weight is 369 g/mol. The van der Waals surface area contributed by atoms with Crippen molar-refractivity contribution in [3.63, 3.8) is 0 Å². The largest absolute Gasteiger partial charge is 0.345 e. The number of amides is 1. The molecular weight excluding hydrogens is 348 g/mol. The highest BCUT2D eigenvalue weighted by atomic mass is 19.2. The number of hydrogen-bond donors (Lipinski definition) is 1. The van der Waals surface area contributed by atoms with Crippen molar-refractivity contribution < 1.29 is 13.6 Å². The lowest BCUT2D eigenvalue weighted by Crippen LogP contribution is -2.27. The van der Waals surface area contributed by atoms with Crippen LogP contribution in [0.5, 0.6) is 0 Å².